The normalized spacial score (nSPS) is 21.6. The Morgan fingerprint density at radius 2 is 1.93 bits per heavy atom. The lowest BCUT2D eigenvalue weighted by molar-refractivity contribution is -0.116. The van der Waals surface area contributed by atoms with Crippen LogP contribution in [0.1, 0.15) is 12.0 Å². The molecule has 1 aliphatic heterocycles. The van der Waals surface area contributed by atoms with Crippen LogP contribution in [0, 0.1) is 11.6 Å². The van der Waals surface area contributed by atoms with Gasteiger partial charge in [0.05, 0.1) is 12.1 Å². The van der Waals surface area contributed by atoms with Crippen LogP contribution in [0.25, 0.3) is 10.9 Å². The van der Waals surface area contributed by atoms with Crippen molar-refractivity contribution in [2.24, 2.45) is 5.73 Å². The quantitative estimate of drug-likeness (QED) is 0.705. The van der Waals surface area contributed by atoms with Crippen LogP contribution in [0.15, 0.2) is 54.7 Å². The number of hydrogen-bond acceptors (Lipinski definition) is 5. The lowest BCUT2D eigenvalue weighted by atomic mass is 9.82. The second-order valence-corrected chi connectivity index (χ2v) is 7.23. The van der Waals surface area contributed by atoms with Gasteiger partial charge in [-0.05, 0) is 29.8 Å². The van der Waals surface area contributed by atoms with Crippen LogP contribution < -0.4 is 10.6 Å². The van der Waals surface area contributed by atoms with Gasteiger partial charge in [0.25, 0.3) is 0 Å². The van der Waals surface area contributed by atoms with E-state index in [1.165, 1.54) is 19.2 Å². The van der Waals surface area contributed by atoms with Gasteiger partial charge in [-0.15, -0.1) is 0 Å². The number of nitrogens with two attached hydrogens (primary N) is 1. The van der Waals surface area contributed by atoms with Crippen molar-refractivity contribution in [3.8, 4) is 0 Å². The molecule has 1 aromatic heterocycles. The topological polar surface area (TPSA) is 77.7 Å². The van der Waals surface area contributed by atoms with Crippen LogP contribution >= 0.6 is 0 Å². The van der Waals surface area contributed by atoms with Crippen molar-refractivity contribution in [1.29, 1.82) is 0 Å². The maximum atomic E-state index is 14.1. The second-order valence-electron chi connectivity index (χ2n) is 7.23. The number of amides is 1. The molecule has 1 fully saturated rings. The van der Waals surface area contributed by atoms with Crippen LogP contribution in [-0.2, 0) is 15.1 Å². The van der Waals surface area contributed by atoms with Gasteiger partial charge in [0, 0.05) is 43.4 Å². The molecule has 0 saturated carbocycles. The van der Waals surface area contributed by atoms with Gasteiger partial charge in [0.15, 0.2) is 0 Å². The number of aromatic nitrogens is 1. The molecule has 30 heavy (non-hydrogen) atoms. The van der Waals surface area contributed by atoms with Crippen LogP contribution in [0.3, 0.4) is 0 Å². The number of pyridine rings is 1. The van der Waals surface area contributed by atoms with Gasteiger partial charge in [-0.1, -0.05) is 18.2 Å². The lowest BCUT2D eigenvalue weighted by Crippen LogP contribution is -2.57. The van der Waals surface area contributed by atoms with E-state index >= 15 is 0 Å². The van der Waals surface area contributed by atoms with Gasteiger partial charge in [-0.2, -0.15) is 0 Å². The molecule has 0 spiro atoms. The smallest absolute Gasteiger partial charge is 0.404 e. The highest BCUT2D eigenvalue weighted by molar-refractivity contribution is 5.91. The van der Waals surface area contributed by atoms with Crippen LogP contribution in [0.2, 0.25) is 0 Å². The number of primary amides is 1. The molecule has 2 unspecified atom stereocenters. The molecular weight excluding hydrogens is 392 g/mol. The molecule has 0 aliphatic carbocycles. The molecular formula is C22H21F2N3O3. The first-order valence-electron chi connectivity index (χ1n) is 9.49. The highest BCUT2D eigenvalue weighted by atomic mass is 19.1. The van der Waals surface area contributed by atoms with Crippen molar-refractivity contribution >= 4 is 22.7 Å². The number of anilines is 1. The van der Waals surface area contributed by atoms with Gasteiger partial charge < -0.3 is 20.1 Å². The Bertz CT molecular complexity index is 1070. The minimum atomic E-state index is -1.32. The summed E-state index contributed by atoms with van der Waals surface area (Å²) in [4.78, 5) is 18.0. The highest BCUT2D eigenvalue weighted by Crippen LogP contribution is 2.40. The van der Waals surface area contributed by atoms with E-state index in [1.807, 2.05) is 35.2 Å². The Morgan fingerprint density at radius 3 is 2.63 bits per heavy atom. The Hall–Kier alpha value is -3.26. The van der Waals surface area contributed by atoms with Crippen LogP contribution in [-0.4, -0.2) is 37.4 Å². The number of halogens is 2. The minimum Gasteiger partial charge on any atom is -0.443 e. The maximum absolute atomic E-state index is 14.1. The molecule has 2 N–H and O–H groups in total. The highest BCUT2D eigenvalue weighted by Gasteiger charge is 2.48. The number of carbonyl (C=O) groups excluding carboxylic acids is 1. The molecule has 1 aliphatic rings. The van der Waals surface area contributed by atoms with E-state index in [-0.39, 0.29) is 12.1 Å². The zero-order chi connectivity index (χ0) is 21.3. The lowest BCUT2D eigenvalue weighted by Gasteiger charge is -2.47. The first-order valence-corrected chi connectivity index (χ1v) is 9.49. The molecule has 2 heterocycles. The van der Waals surface area contributed by atoms with E-state index < -0.39 is 29.4 Å². The largest absolute Gasteiger partial charge is 0.443 e. The average Bonchev–Trinajstić information content (AvgIpc) is 2.72. The summed E-state index contributed by atoms with van der Waals surface area (Å²) in [6.45, 7) is 0.715. The first-order chi connectivity index (χ1) is 14.4. The molecule has 1 amide bonds. The summed E-state index contributed by atoms with van der Waals surface area (Å²) >= 11 is 0. The van der Waals surface area contributed by atoms with E-state index in [2.05, 4.69) is 4.98 Å². The summed E-state index contributed by atoms with van der Waals surface area (Å²) in [6.07, 6.45) is 0.276. The number of fused-ring (bicyclic) bond motifs is 1. The third kappa shape index (κ3) is 3.54. The van der Waals surface area contributed by atoms with E-state index in [4.69, 9.17) is 15.2 Å². The number of nitrogens with zero attached hydrogens (tertiary/aromatic N) is 2. The summed E-state index contributed by atoms with van der Waals surface area (Å²) in [5.74, 6) is -1.49. The standard InChI is InChI=1S/C22H21F2N3O3/c1-29-22(14-10-15(23)12-16(24)11-14)13-27(9-7-20(22)30-21(25)28)19-6-8-26-18-5-3-2-4-17(18)19/h2-6,8,10-12,20H,7,9,13H2,1H3,(H2,25,28). The van der Waals surface area contributed by atoms with Gasteiger partial charge in [-0.3, -0.25) is 4.98 Å². The Labute approximate surface area is 172 Å². The zero-order valence-corrected chi connectivity index (χ0v) is 16.3. The van der Waals surface area contributed by atoms with Crippen molar-refractivity contribution in [3.05, 3.63) is 71.9 Å². The molecule has 4 rings (SSSR count). The van der Waals surface area contributed by atoms with Crippen LogP contribution in [0.5, 0.6) is 0 Å². The number of ether oxygens (including phenoxy) is 2. The number of benzene rings is 2. The molecule has 3 aromatic rings. The molecule has 0 bridgehead atoms. The fourth-order valence-electron chi connectivity index (χ4n) is 4.22. The molecule has 8 heteroatoms. The molecule has 2 aromatic carbocycles. The first kappa shape index (κ1) is 20.0. The molecule has 6 nitrogen and oxygen atoms in total. The number of methoxy groups -OCH3 is 1. The molecule has 0 radical (unpaired) electrons. The number of hydrogen-bond donors (Lipinski definition) is 1. The Kier molecular flexibility index (Phi) is 5.26. The van der Waals surface area contributed by atoms with E-state index in [0.29, 0.717) is 13.0 Å². The van der Waals surface area contributed by atoms with Crippen molar-refractivity contribution in [1.82, 2.24) is 4.98 Å². The number of carbonyl (C=O) groups is 1. The van der Waals surface area contributed by atoms with Crippen molar-refractivity contribution in [3.63, 3.8) is 0 Å². The third-order valence-corrected chi connectivity index (χ3v) is 5.55. The summed E-state index contributed by atoms with van der Waals surface area (Å²) in [5, 5.41) is 0.935. The van der Waals surface area contributed by atoms with Gasteiger partial charge in [0.2, 0.25) is 0 Å². The Morgan fingerprint density at radius 1 is 1.20 bits per heavy atom. The Balaban J connectivity index is 1.82. The van der Waals surface area contributed by atoms with Crippen molar-refractivity contribution in [2.75, 3.05) is 25.1 Å². The minimum absolute atomic E-state index is 0.193. The number of para-hydroxylation sites is 1. The summed E-state index contributed by atoms with van der Waals surface area (Å²) < 4.78 is 39.3. The SMILES string of the molecule is COC1(c2cc(F)cc(F)c2)CN(c2ccnc3ccccc23)CCC1OC(N)=O. The van der Waals surface area contributed by atoms with Gasteiger partial charge in [-0.25, -0.2) is 13.6 Å². The fourth-order valence-corrected chi connectivity index (χ4v) is 4.22. The average molecular weight is 413 g/mol. The summed E-state index contributed by atoms with van der Waals surface area (Å²) in [7, 11) is 1.42. The predicted octanol–water partition coefficient (Wildman–Crippen LogP) is 3.73. The summed E-state index contributed by atoms with van der Waals surface area (Å²) in [5.41, 5.74) is 5.91. The van der Waals surface area contributed by atoms with Crippen LogP contribution in [0.4, 0.5) is 19.3 Å². The van der Waals surface area contributed by atoms with E-state index in [9.17, 15) is 13.6 Å². The van der Waals surface area contributed by atoms with Crippen molar-refractivity contribution in [2.45, 2.75) is 18.1 Å². The molecule has 156 valence electrons. The molecule has 1 saturated heterocycles. The second kappa shape index (κ2) is 7.87. The van der Waals surface area contributed by atoms with E-state index in [1.54, 1.807) is 6.20 Å². The zero-order valence-electron chi connectivity index (χ0n) is 16.3. The predicted molar refractivity (Wildman–Crippen MR) is 108 cm³/mol. The van der Waals surface area contributed by atoms with Crippen molar-refractivity contribution < 1.29 is 23.0 Å². The van der Waals surface area contributed by atoms with E-state index in [0.717, 1.165) is 22.7 Å². The van der Waals surface area contributed by atoms with Gasteiger partial charge >= 0.3 is 6.09 Å². The molecule has 2 atom stereocenters. The maximum Gasteiger partial charge on any atom is 0.404 e. The summed E-state index contributed by atoms with van der Waals surface area (Å²) in [6, 6.07) is 12.7. The van der Waals surface area contributed by atoms with Gasteiger partial charge in [0.1, 0.15) is 23.3 Å². The fraction of sp³-hybridized carbons (Fsp3) is 0.273. The third-order valence-electron chi connectivity index (χ3n) is 5.55. The number of piperidine rings is 1. The monoisotopic (exact) mass is 413 g/mol. The number of rotatable bonds is 4.